The van der Waals surface area contributed by atoms with Gasteiger partial charge in [-0.15, -0.1) is 0 Å². The van der Waals surface area contributed by atoms with Crippen LogP contribution in [0.4, 0.5) is 11.4 Å². The van der Waals surface area contributed by atoms with Gasteiger partial charge in [0.05, 0.1) is 6.04 Å². The minimum Gasteiger partial charge on any atom is -0.334 e. The fourth-order valence-corrected chi connectivity index (χ4v) is 8.32. The number of alkyl halides is 1. The Labute approximate surface area is 276 Å². The lowest BCUT2D eigenvalue weighted by Gasteiger charge is -2.38. The van der Waals surface area contributed by atoms with E-state index in [1.165, 1.54) is 89.7 Å². The molecule has 228 valence electrons. The third-order valence-electron chi connectivity index (χ3n) is 9.92. The summed E-state index contributed by atoms with van der Waals surface area (Å²) in [6, 6.07) is 24.2. The number of hydrogen-bond acceptors (Lipinski definition) is 1. The number of allylic oxidation sites excluding steroid dienone is 2. The van der Waals surface area contributed by atoms with Crippen molar-refractivity contribution in [2.45, 2.75) is 121 Å². The highest BCUT2D eigenvalue weighted by Crippen LogP contribution is 2.56. The molecule has 0 fully saturated rings. The second kappa shape index (κ2) is 13.3. The van der Waals surface area contributed by atoms with Gasteiger partial charge in [-0.05, 0) is 84.2 Å². The van der Waals surface area contributed by atoms with Crippen LogP contribution < -0.4 is 4.90 Å². The zero-order valence-electron chi connectivity index (χ0n) is 27.6. The molecule has 0 bridgehead atoms. The lowest BCUT2D eigenvalue weighted by Crippen LogP contribution is -2.34. The lowest BCUT2D eigenvalue weighted by atomic mass is 9.71. The van der Waals surface area contributed by atoms with Crippen LogP contribution in [0.1, 0.15) is 115 Å². The molecular formula is C41H52IN. The predicted molar refractivity (Wildman–Crippen MR) is 197 cm³/mol. The summed E-state index contributed by atoms with van der Waals surface area (Å²) in [4.78, 5) is 2.59. The molecule has 0 aromatic heterocycles. The molecule has 43 heavy (non-hydrogen) atoms. The summed E-state index contributed by atoms with van der Waals surface area (Å²) in [5, 5.41) is 0. The highest BCUT2D eigenvalue weighted by atomic mass is 127. The van der Waals surface area contributed by atoms with Gasteiger partial charge < -0.3 is 4.90 Å². The second-order valence-electron chi connectivity index (χ2n) is 14.2. The average molecular weight is 686 g/mol. The van der Waals surface area contributed by atoms with Crippen LogP contribution in [0, 0.1) is 6.92 Å². The topological polar surface area (TPSA) is 3.24 Å². The summed E-state index contributed by atoms with van der Waals surface area (Å²) in [6.07, 6.45) is 17.3. The molecule has 0 heterocycles. The van der Waals surface area contributed by atoms with E-state index in [9.17, 15) is 0 Å². The molecular weight excluding hydrogens is 633 g/mol. The van der Waals surface area contributed by atoms with Gasteiger partial charge in [-0.25, -0.2) is 0 Å². The number of benzene rings is 3. The minimum atomic E-state index is 0.0265. The molecule has 3 aromatic carbocycles. The average Bonchev–Trinajstić information content (AvgIpc) is 3.25. The maximum Gasteiger partial charge on any atom is 0.0560 e. The first kappa shape index (κ1) is 32.1. The molecule has 3 atom stereocenters. The number of halogens is 1. The van der Waals surface area contributed by atoms with Gasteiger partial charge in [0.15, 0.2) is 0 Å². The van der Waals surface area contributed by atoms with Crippen LogP contribution in [0.2, 0.25) is 0 Å². The van der Waals surface area contributed by atoms with Crippen molar-refractivity contribution in [2.75, 3.05) is 4.90 Å². The molecule has 3 unspecified atom stereocenters. The van der Waals surface area contributed by atoms with Gasteiger partial charge >= 0.3 is 0 Å². The second-order valence-corrected chi connectivity index (χ2v) is 16.0. The van der Waals surface area contributed by atoms with Crippen molar-refractivity contribution in [3.05, 3.63) is 107 Å². The van der Waals surface area contributed by atoms with Crippen molar-refractivity contribution in [2.24, 2.45) is 0 Å². The van der Waals surface area contributed by atoms with Crippen LogP contribution in [0.15, 0.2) is 84.5 Å². The van der Waals surface area contributed by atoms with Gasteiger partial charge in [-0.1, -0.05) is 161 Å². The summed E-state index contributed by atoms with van der Waals surface area (Å²) in [6.45, 7) is 16.1. The molecule has 0 aliphatic heterocycles. The fourth-order valence-electron chi connectivity index (χ4n) is 7.34. The first-order valence-corrected chi connectivity index (χ1v) is 18.0. The van der Waals surface area contributed by atoms with Gasteiger partial charge in [0.2, 0.25) is 0 Å². The number of hydrogen-bond donors (Lipinski definition) is 0. The molecule has 0 amide bonds. The fraction of sp³-hybridized carbons (Fsp3) is 0.463. The summed E-state index contributed by atoms with van der Waals surface area (Å²) in [5.41, 5.74) is 12.8. The van der Waals surface area contributed by atoms with E-state index in [1.807, 2.05) is 0 Å². The monoisotopic (exact) mass is 685 g/mol. The van der Waals surface area contributed by atoms with Crippen molar-refractivity contribution in [1.82, 2.24) is 0 Å². The van der Waals surface area contributed by atoms with Gasteiger partial charge in [-0.2, -0.15) is 0 Å². The van der Waals surface area contributed by atoms with Crippen LogP contribution in [-0.2, 0) is 10.8 Å². The molecule has 0 saturated heterocycles. The normalized spacial score (nSPS) is 20.0. The van der Waals surface area contributed by atoms with E-state index in [0.717, 1.165) is 6.42 Å². The van der Waals surface area contributed by atoms with E-state index in [0.29, 0.717) is 9.97 Å². The van der Waals surface area contributed by atoms with E-state index in [2.05, 4.69) is 155 Å². The number of nitrogens with zero attached hydrogens (tertiary/aromatic N) is 1. The Morgan fingerprint density at radius 2 is 1.47 bits per heavy atom. The smallest absolute Gasteiger partial charge is 0.0560 e. The van der Waals surface area contributed by atoms with Gasteiger partial charge in [0, 0.05) is 20.7 Å². The molecule has 2 heteroatoms. The summed E-state index contributed by atoms with van der Waals surface area (Å²) in [7, 11) is 0. The molecule has 0 saturated carbocycles. The molecule has 0 N–H and O–H groups in total. The predicted octanol–water partition coefficient (Wildman–Crippen LogP) is 12.5. The molecule has 0 radical (unpaired) electrons. The first-order chi connectivity index (χ1) is 20.6. The van der Waals surface area contributed by atoms with Crippen molar-refractivity contribution >= 4 is 34.0 Å². The maximum atomic E-state index is 2.74. The van der Waals surface area contributed by atoms with E-state index in [-0.39, 0.29) is 10.8 Å². The Kier molecular flexibility index (Phi) is 9.96. The number of unbranched alkanes of at least 4 members (excludes halogenated alkanes) is 5. The Morgan fingerprint density at radius 1 is 0.837 bits per heavy atom. The Balaban J connectivity index is 1.60. The van der Waals surface area contributed by atoms with Crippen molar-refractivity contribution < 1.29 is 0 Å². The van der Waals surface area contributed by atoms with E-state index < -0.39 is 0 Å². The molecule has 2 aliphatic carbocycles. The third-order valence-corrected chi connectivity index (χ3v) is 11.0. The van der Waals surface area contributed by atoms with Crippen LogP contribution in [0.25, 0.3) is 11.1 Å². The van der Waals surface area contributed by atoms with Crippen LogP contribution in [0.5, 0.6) is 0 Å². The number of aryl methyl sites for hydroxylation is 1. The van der Waals surface area contributed by atoms with Crippen molar-refractivity contribution in [1.29, 1.82) is 0 Å². The number of anilines is 2. The third kappa shape index (κ3) is 6.56. The SMILES string of the molecule is CCCCCCCCC1(C(C)I)c2cc(C)ccc2-c2ccc(N(c3ccc(C(C)(C)C)cc3)C3C=CC(C)=CC3)cc21. The maximum absolute atomic E-state index is 2.74. The van der Waals surface area contributed by atoms with Gasteiger partial charge in [0.1, 0.15) is 0 Å². The Morgan fingerprint density at radius 3 is 2.09 bits per heavy atom. The Bertz CT molecular complexity index is 1470. The largest absolute Gasteiger partial charge is 0.334 e. The van der Waals surface area contributed by atoms with Gasteiger partial charge in [-0.3, -0.25) is 0 Å². The Hall–Kier alpha value is -2.33. The summed E-state index contributed by atoms with van der Waals surface area (Å²) in [5.74, 6) is 0. The minimum absolute atomic E-state index is 0.0265. The molecule has 2 aliphatic rings. The first-order valence-electron chi connectivity index (χ1n) is 16.7. The molecule has 1 nitrogen and oxygen atoms in total. The quantitative estimate of drug-likeness (QED) is 0.110. The van der Waals surface area contributed by atoms with E-state index >= 15 is 0 Å². The summed E-state index contributed by atoms with van der Waals surface area (Å²) < 4.78 is 0.484. The molecule has 0 spiro atoms. The van der Waals surface area contributed by atoms with Crippen LogP contribution in [0.3, 0.4) is 0 Å². The lowest BCUT2D eigenvalue weighted by molar-refractivity contribution is 0.452. The van der Waals surface area contributed by atoms with Gasteiger partial charge in [0.25, 0.3) is 0 Å². The van der Waals surface area contributed by atoms with Crippen LogP contribution >= 0.6 is 22.6 Å². The standard InChI is InChI=1S/C41H52IN/c1-8-9-10-11-12-13-26-41(31(4)42)38-27-30(3)16-24-36(38)37-25-23-35(28-39(37)41)43(33-19-14-29(2)15-20-33)34-21-17-32(18-22-34)40(5,6)7/h14-19,21-25,27-28,31,33H,8-13,20,26H2,1-7H3. The number of rotatable bonds is 11. The number of fused-ring (bicyclic) bond motifs is 3. The van der Waals surface area contributed by atoms with E-state index in [1.54, 1.807) is 5.56 Å². The van der Waals surface area contributed by atoms with Crippen LogP contribution in [-0.4, -0.2) is 9.97 Å². The van der Waals surface area contributed by atoms with Crippen molar-refractivity contribution in [3.63, 3.8) is 0 Å². The van der Waals surface area contributed by atoms with Crippen molar-refractivity contribution in [3.8, 4) is 11.1 Å². The molecule has 3 aromatic rings. The molecule has 5 rings (SSSR count). The summed E-state index contributed by atoms with van der Waals surface area (Å²) >= 11 is 2.74. The highest BCUT2D eigenvalue weighted by molar-refractivity contribution is 14.1. The van der Waals surface area contributed by atoms with E-state index in [4.69, 9.17) is 0 Å². The zero-order chi connectivity index (χ0) is 30.8. The highest BCUT2D eigenvalue weighted by Gasteiger charge is 2.46. The zero-order valence-corrected chi connectivity index (χ0v) is 29.8.